The lowest BCUT2D eigenvalue weighted by molar-refractivity contribution is 0.555. The van der Waals surface area contributed by atoms with Crippen molar-refractivity contribution in [2.75, 3.05) is 0 Å². The van der Waals surface area contributed by atoms with Crippen molar-refractivity contribution < 1.29 is 0 Å². The number of rotatable bonds is 4. The van der Waals surface area contributed by atoms with Crippen molar-refractivity contribution >= 4 is 28.7 Å². The molecule has 0 bridgehead atoms. The molecule has 1 atom stereocenters. The largest absolute Gasteiger partial charge is 0.271 e. The van der Waals surface area contributed by atoms with Crippen LogP contribution in [0.5, 0.6) is 0 Å². The standard InChI is InChI=1S/C15H14Cl2N4/c16-12-5-3-4-10(15(12)17)8-13(20-18)11-9-19-21-7-2-1-6-14(11)21/h1-7,9,13,20H,8,18H2. The van der Waals surface area contributed by atoms with E-state index in [1.807, 2.05) is 47.2 Å². The normalized spacial score (nSPS) is 12.7. The maximum Gasteiger partial charge on any atom is 0.0710 e. The second-order valence-corrected chi connectivity index (χ2v) is 5.55. The fourth-order valence-corrected chi connectivity index (χ4v) is 2.80. The number of fused-ring (bicyclic) bond motifs is 1. The van der Waals surface area contributed by atoms with Gasteiger partial charge in [-0.05, 0) is 30.2 Å². The van der Waals surface area contributed by atoms with Gasteiger partial charge in [0.1, 0.15) is 0 Å². The summed E-state index contributed by atoms with van der Waals surface area (Å²) in [5.41, 5.74) is 5.82. The molecule has 2 aromatic heterocycles. The Labute approximate surface area is 132 Å². The summed E-state index contributed by atoms with van der Waals surface area (Å²) < 4.78 is 1.82. The Morgan fingerprint density at radius 2 is 2.05 bits per heavy atom. The van der Waals surface area contributed by atoms with Crippen LogP contribution >= 0.6 is 23.2 Å². The number of pyridine rings is 1. The number of hydrogen-bond acceptors (Lipinski definition) is 3. The van der Waals surface area contributed by atoms with Crippen molar-refractivity contribution in [2.45, 2.75) is 12.5 Å². The molecule has 21 heavy (non-hydrogen) atoms. The lowest BCUT2D eigenvalue weighted by Crippen LogP contribution is -2.29. The average molecular weight is 321 g/mol. The Hall–Kier alpha value is -1.59. The Bertz CT molecular complexity index is 769. The summed E-state index contributed by atoms with van der Waals surface area (Å²) in [6.45, 7) is 0. The van der Waals surface area contributed by atoms with Crippen molar-refractivity contribution in [3.05, 3.63) is 70.0 Å². The smallest absolute Gasteiger partial charge is 0.0710 e. The Morgan fingerprint density at radius 1 is 1.19 bits per heavy atom. The molecule has 0 spiro atoms. The van der Waals surface area contributed by atoms with Crippen molar-refractivity contribution in [1.82, 2.24) is 15.0 Å². The van der Waals surface area contributed by atoms with Gasteiger partial charge in [-0.3, -0.25) is 11.3 Å². The van der Waals surface area contributed by atoms with E-state index < -0.39 is 0 Å². The molecule has 0 saturated heterocycles. The maximum absolute atomic E-state index is 6.25. The lowest BCUT2D eigenvalue weighted by atomic mass is 10.0. The Morgan fingerprint density at radius 3 is 2.86 bits per heavy atom. The quantitative estimate of drug-likeness (QED) is 0.572. The minimum Gasteiger partial charge on any atom is -0.271 e. The average Bonchev–Trinajstić information content (AvgIpc) is 2.93. The zero-order valence-corrected chi connectivity index (χ0v) is 12.6. The van der Waals surface area contributed by atoms with Crippen LogP contribution in [-0.4, -0.2) is 9.61 Å². The van der Waals surface area contributed by atoms with Crippen LogP contribution in [0.4, 0.5) is 0 Å². The van der Waals surface area contributed by atoms with Crippen LogP contribution in [0.15, 0.2) is 48.8 Å². The highest BCUT2D eigenvalue weighted by Crippen LogP contribution is 2.30. The molecule has 0 saturated carbocycles. The second kappa shape index (κ2) is 6.03. The van der Waals surface area contributed by atoms with E-state index in [2.05, 4.69) is 10.5 Å². The minimum atomic E-state index is -0.0964. The van der Waals surface area contributed by atoms with E-state index >= 15 is 0 Å². The highest BCUT2D eigenvalue weighted by atomic mass is 35.5. The summed E-state index contributed by atoms with van der Waals surface area (Å²) >= 11 is 12.3. The molecule has 3 aromatic rings. The first-order valence-electron chi connectivity index (χ1n) is 6.52. The first-order valence-corrected chi connectivity index (χ1v) is 7.27. The van der Waals surface area contributed by atoms with Crippen LogP contribution in [0.3, 0.4) is 0 Å². The first-order chi connectivity index (χ1) is 10.2. The van der Waals surface area contributed by atoms with Crippen LogP contribution in [0, 0.1) is 0 Å². The molecule has 0 radical (unpaired) electrons. The van der Waals surface area contributed by atoms with Crippen molar-refractivity contribution in [3.63, 3.8) is 0 Å². The molecule has 0 amide bonds. The molecule has 0 aliphatic heterocycles. The zero-order chi connectivity index (χ0) is 14.8. The molecule has 0 aliphatic carbocycles. The summed E-state index contributed by atoms with van der Waals surface area (Å²) in [5, 5.41) is 5.44. The molecule has 1 unspecified atom stereocenters. The number of halogens is 2. The summed E-state index contributed by atoms with van der Waals surface area (Å²) in [5.74, 6) is 5.73. The summed E-state index contributed by atoms with van der Waals surface area (Å²) in [7, 11) is 0. The van der Waals surface area contributed by atoms with Gasteiger partial charge < -0.3 is 0 Å². The first kappa shape index (κ1) is 14.4. The number of aromatic nitrogens is 2. The molecule has 1 aromatic carbocycles. The number of hydrazine groups is 1. The molecule has 2 heterocycles. The maximum atomic E-state index is 6.25. The molecule has 0 aliphatic rings. The van der Waals surface area contributed by atoms with Gasteiger partial charge >= 0.3 is 0 Å². The predicted molar refractivity (Wildman–Crippen MR) is 85.4 cm³/mol. The van der Waals surface area contributed by atoms with E-state index in [9.17, 15) is 0 Å². The lowest BCUT2D eigenvalue weighted by Gasteiger charge is -2.16. The van der Waals surface area contributed by atoms with Crippen LogP contribution < -0.4 is 11.3 Å². The third-order valence-electron chi connectivity index (χ3n) is 3.49. The van der Waals surface area contributed by atoms with E-state index in [-0.39, 0.29) is 6.04 Å². The van der Waals surface area contributed by atoms with Gasteiger partial charge in [-0.1, -0.05) is 41.4 Å². The van der Waals surface area contributed by atoms with Crippen molar-refractivity contribution in [1.29, 1.82) is 0 Å². The molecule has 3 rings (SSSR count). The molecule has 6 heteroatoms. The molecular weight excluding hydrogens is 307 g/mol. The number of hydrogen-bond donors (Lipinski definition) is 2. The zero-order valence-electron chi connectivity index (χ0n) is 11.1. The fourth-order valence-electron chi connectivity index (χ4n) is 2.41. The van der Waals surface area contributed by atoms with E-state index in [1.54, 1.807) is 6.07 Å². The van der Waals surface area contributed by atoms with Gasteiger partial charge in [0.15, 0.2) is 0 Å². The SMILES string of the molecule is NNC(Cc1cccc(Cl)c1Cl)c1cnn2ccccc12. The number of nitrogens with one attached hydrogen (secondary N) is 1. The van der Waals surface area contributed by atoms with Gasteiger partial charge in [0.2, 0.25) is 0 Å². The van der Waals surface area contributed by atoms with Crippen LogP contribution in [-0.2, 0) is 6.42 Å². The third-order valence-corrected chi connectivity index (χ3v) is 4.35. The molecular formula is C15H14Cl2N4. The van der Waals surface area contributed by atoms with Crippen molar-refractivity contribution in [2.24, 2.45) is 5.84 Å². The Balaban J connectivity index is 1.97. The Kier molecular flexibility index (Phi) is 4.12. The summed E-state index contributed by atoms with van der Waals surface area (Å²) in [6.07, 6.45) is 4.35. The van der Waals surface area contributed by atoms with E-state index in [1.165, 1.54) is 0 Å². The van der Waals surface area contributed by atoms with E-state index in [0.717, 1.165) is 16.6 Å². The van der Waals surface area contributed by atoms with Crippen LogP contribution in [0.25, 0.3) is 5.52 Å². The van der Waals surface area contributed by atoms with Gasteiger partial charge in [0.05, 0.1) is 27.8 Å². The van der Waals surface area contributed by atoms with E-state index in [0.29, 0.717) is 16.5 Å². The highest BCUT2D eigenvalue weighted by molar-refractivity contribution is 6.42. The highest BCUT2D eigenvalue weighted by Gasteiger charge is 2.17. The third kappa shape index (κ3) is 2.76. The van der Waals surface area contributed by atoms with Gasteiger partial charge in [-0.15, -0.1) is 0 Å². The van der Waals surface area contributed by atoms with Gasteiger partial charge in [-0.25, -0.2) is 4.52 Å². The molecule has 3 N–H and O–H groups in total. The van der Waals surface area contributed by atoms with Crippen LogP contribution in [0.2, 0.25) is 10.0 Å². The molecule has 108 valence electrons. The monoisotopic (exact) mass is 320 g/mol. The second-order valence-electron chi connectivity index (χ2n) is 4.77. The van der Waals surface area contributed by atoms with Gasteiger partial charge in [0.25, 0.3) is 0 Å². The topological polar surface area (TPSA) is 55.3 Å². The fraction of sp³-hybridized carbons (Fsp3) is 0.133. The van der Waals surface area contributed by atoms with Crippen molar-refractivity contribution in [3.8, 4) is 0 Å². The molecule has 4 nitrogen and oxygen atoms in total. The number of nitrogens with two attached hydrogens (primary N) is 1. The molecule has 0 fully saturated rings. The minimum absolute atomic E-state index is 0.0964. The summed E-state index contributed by atoms with van der Waals surface area (Å²) in [6, 6.07) is 11.4. The predicted octanol–water partition coefficient (Wildman–Crippen LogP) is 3.39. The van der Waals surface area contributed by atoms with Gasteiger partial charge in [-0.2, -0.15) is 5.10 Å². The number of nitrogens with zero attached hydrogens (tertiary/aromatic N) is 2. The summed E-state index contributed by atoms with van der Waals surface area (Å²) in [4.78, 5) is 0. The van der Waals surface area contributed by atoms with E-state index in [4.69, 9.17) is 29.0 Å². The van der Waals surface area contributed by atoms with Gasteiger partial charge in [0, 0.05) is 11.8 Å². The number of benzene rings is 1. The van der Waals surface area contributed by atoms with Crippen LogP contribution in [0.1, 0.15) is 17.2 Å².